The molecule has 204 valence electrons. The molecule has 1 saturated carbocycles. The number of alkyl halides is 4. The largest absolute Gasteiger partial charge is 0.466 e. The van der Waals surface area contributed by atoms with Crippen LogP contribution in [0.5, 0.6) is 11.1 Å². The van der Waals surface area contributed by atoms with E-state index in [0.717, 1.165) is 27.6 Å². The molecule has 1 aliphatic carbocycles. The second-order valence-corrected chi connectivity index (χ2v) is 10.7. The summed E-state index contributed by atoms with van der Waals surface area (Å²) in [6, 6.07) is -0.0851. The number of fused-ring (bicyclic) bond motifs is 1. The predicted octanol–water partition coefficient (Wildman–Crippen LogP) is 3.82. The minimum Gasteiger partial charge on any atom is -0.466 e. The first kappa shape index (κ1) is 27.5. The van der Waals surface area contributed by atoms with E-state index in [1.807, 2.05) is 0 Å². The molecular weight excluding hydrogens is 514 g/mol. The van der Waals surface area contributed by atoms with Gasteiger partial charge in [-0.3, -0.25) is 9.78 Å². The zero-order valence-corrected chi connectivity index (χ0v) is 21.5. The molecule has 0 radical (unpaired) electrons. The minimum absolute atomic E-state index is 0.0534. The number of carbonyl (C=O) groups is 1. The number of aromatic nitrogens is 3. The number of halogens is 4. The van der Waals surface area contributed by atoms with Gasteiger partial charge >= 0.3 is 6.18 Å². The smallest absolute Gasteiger partial charge is 0.422 e. The lowest BCUT2D eigenvalue weighted by atomic mass is 9.81. The predicted molar refractivity (Wildman–Crippen MR) is 129 cm³/mol. The van der Waals surface area contributed by atoms with Gasteiger partial charge in [-0.25, -0.2) is 14.4 Å². The Hall–Kier alpha value is -2.54. The summed E-state index contributed by atoms with van der Waals surface area (Å²) in [5.74, 6) is 0.0121. The molecule has 13 heteroatoms. The van der Waals surface area contributed by atoms with E-state index in [1.165, 1.54) is 6.20 Å². The van der Waals surface area contributed by atoms with Crippen molar-refractivity contribution in [1.29, 1.82) is 0 Å². The summed E-state index contributed by atoms with van der Waals surface area (Å²) < 4.78 is 62.7. The van der Waals surface area contributed by atoms with E-state index < -0.39 is 18.5 Å². The highest BCUT2D eigenvalue weighted by molar-refractivity contribution is 7.13. The monoisotopic (exact) mass is 545 g/mol. The number of hydrogen-bond donors (Lipinski definition) is 1. The van der Waals surface area contributed by atoms with Gasteiger partial charge < -0.3 is 19.7 Å². The Morgan fingerprint density at radius 1 is 1.19 bits per heavy atom. The molecule has 37 heavy (non-hydrogen) atoms. The summed E-state index contributed by atoms with van der Waals surface area (Å²) in [7, 11) is 0. The van der Waals surface area contributed by atoms with E-state index >= 15 is 4.39 Å². The zero-order valence-electron chi connectivity index (χ0n) is 20.7. The van der Waals surface area contributed by atoms with E-state index in [2.05, 4.69) is 25.2 Å². The van der Waals surface area contributed by atoms with Crippen molar-refractivity contribution in [3.8, 4) is 11.1 Å². The van der Waals surface area contributed by atoms with Gasteiger partial charge in [0.15, 0.2) is 13.2 Å². The highest BCUT2D eigenvalue weighted by Crippen LogP contribution is 2.36. The van der Waals surface area contributed by atoms with Crippen molar-refractivity contribution >= 4 is 17.2 Å². The van der Waals surface area contributed by atoms with Gasteiger partial charge in [0.2, 0.25) is 5.88 Å². The van der Waals surface area contributed by atoms with Gasteiger partial charge in [0, 0.05) is 37.0 Å². The van der Waals surface area contributed by atoms with Crippen molar-refractivity contribution in [3.63, 3.8) is 0 Å². The second-order valence-electron chi connectivity index (χ2n) is 9.62. The van der Waals surface area contributed by atoms with E-state index in [-0.39, 0.29) is 29.6 Å². The van der Waals surface area contributed by atoms with Crippen LogP contribution in [0.1, 0.15) is 48.4 Å². The number of nitrogens with zero attached hydrogens (tertiary/aromatic N) is 4. The van der Waals surface area contributed by atoms with Gasteiger partial charge in [-0.05, 0) is 45.4 Å². The topological polar surface area (TPSA) is 89.5 Å². The molecular formula is C24H31F4N5O3S. The third-order valence-electron chi connectivity index (χ3n) is 6.67. The van der Waals surface area contributed by atoms with Crippen molar-refractivity contribution in [1.82, 2.24) is 25.2 Å². The van der Waals surface area contributed by atoms with Crippen molar-refractivity contribution in [2.24, 2.45) is 0 Å². The lowest BCUT2D eigenvalue weighted by Gasteiger charge is -2.35. The number of carbonyl (C=O) groups excluding carboxylic acids is 1. The van der Waals surface area contributed by atoms with Crippen LogP contribution in [0.25, 0.3) is 0 Å². The molecule has 1 amide bonds. The van der Waals surface area contributed by atoms with Gasteiger partial charge in [-0.2, -0.15) is 13.2 Å². The van der Waals surface area contributed by atoms with Crippen LogP contribution in [0.2, 0.25) is 0 Å². The van der Waals surface area contributed by atoms with E-state index in [4.69, 9.17) is 9.47 Å². The van der Waals surface area contributed by atoms with Crippen molar-refractivity contribution < 1.29 is 31.8 Å². The first-order valence-electron chi connectivity index (χ1n) is 12.4. The summed E-state index contributed by atoms with van der Waals surface area (Å²) >= 11 is 1.16. The molecule has 8 nitrogen and oxygen atoms in total. The molecule has 0 saturated heterocycles. The molecule has 0 spiro atoms. The molecule has 1 N–H and O–H groups in total. The first-order valence-corrected chi connectivity index (χ1v) is 13.2. The van der Waals surface area contributed by atoms with Gasteiger partial charge in [0.05, 0.1) is 23.8 Å². The maximum Gasteiger partial charge on any atom is 0.422 e. The summed E-state index contributed by atoms with van der Waals surface area (Å²) in [6.07, 6.45) is 2.19. The summed E-state index contributed by atoms with van der Waals surface area (Å²) in [5.41, 5.74) is 0.253. The molecule has 0 atom stereocenters. The number of rotatable bonds is 9. The Balaban J connectivity index is 1.15. The van der Waals surface area contributed by atoms with Crippen LogP contribution >= 0.6 is 11.3 Å². The molecule has 1 aliphatic heterocycles. The Morgan fingerprint density at radius 3 is 2.65 bits per heavy atom. The van der Waals surface area contributed by atoms with Crippen LogP contribution in [0, 0.1) is 6.92 Å². The summed E-state index contributed by atoms with van der Waals surface area (Å²) in [6.45, 7) is 2.28. The highest BCUT2D eigenvalue weighted by Gasteiger charge is 2.36. The molecule has 0 bridgehead atoms. The molecule has 2 aromatic rings. The standard InChI is InChI=1S/C24H31F4N5O3S/c1-16-12-30-21(13-29-16)35-14-20(34)31-17-2-6-23(25,7-3-17)8-11-33-9-4-18-19(5-10-33)37-22(32-18)36-15-24(26,27)28/h12-13,17H,2-11,14-15H2,1H3,(H,31,34)/t17-,23+. The molecule has 1 fully saturated rings. The fourth-order valence-corrected chi connectivity index (χ4v) is 5.51. The van der Waals surface area contributed by atoms with Crippen LogP contribution in [0.15, 0.2) is 12.4 Å². The number of hydrogen-bond acceptors (Lipinski definition) is 8. The molecule has 2 aromatic heterocycles. The summed E-state index contributed by atoms with van der Waals surface area (Å²) in [5, 5.41) is 2.97. The minimum atomic E-state index is -4.39. The first-order chi connectivity index (χ1) is 17.6. The van der Waals surface area contributed by atoms with Crippen LogP contribution in [0.3, 0.4) is 0 Å². The average Bonchev–Trinajstić information content (AvgIpc) is 3.15. The Kier molecular flexibility index (Phi) is 8.83. The third kappa shape index (κ3) is 8.49. The van der Waals surface area contributed by atoms with Crippen LogP contribution in [0.4, 0.5) is 17.6 Å². The Labute approximate surface area is 216 Å². The number of aryl methyl sites for hydroxylation is 1. The lowest BCUT2D eigenvalue weighted by Crippen LogP contribution is -2.44. The normalized spacial score (nSPS) is 22.7. The van der Waals surface area contributed by atoms with Crippen LogP contribution in [-0.4, -0.2) is 76.5 Å². The van der Waals surface area contributed by atoms with Crippen molar-refractivity contribution in [2.75, 3.05) is 32.8 Å². The van der Waals surface area contributed by atoms with Crippen molar-refractivity contribution in [3.05, 3.63) is 28.7 Å². The van der Waals surface area contributed by atoms with E-state index in [1.54, 1.807) is 13.1 Å². The molecule has 0 aromatic carbocycles. The number of nitrogens with one attached hydrogen (secondary N) is 1. The maximum absolute atomic E-state index is 15.5. The Bertz CT molecular complexity index is 1020. The number of ether oxygens (including phenoxy) is 2. The SMILES string of the molecule is Cc1cnc(OCC(=O)N[C@H]2CC[C@](F)(CCN3CCc4nc(OCC(F)(F)F)sc4CC3)CC2)cn1. The Morgan fingerprint density at radius 2 is 1.95 bits per heavy atom. The van der Waals surface area contributed by atoms with Gasteiger partial charge in [-0.15, -0.1) is 0 Å². The average molecular weight is 546 g/mol. The molecule has 3 heterocycles. The van der Waals surface area contributed by atoms with Gasteiger partial charge in [0.25, 0.3) is 11.1 Å². The molecule has 4 rings (SSSR count). The highest BCUT2D eigenvalue weighted by atomic mass is 32.1. The lowest BCUT2D eigenvalue weighted by molar-refractivity contribution is -0.153. The fourth-order valence-electron chi connectivity index (χ4n) is 4.57. The van der Waals surface area contributed by atoms with E-state index in [9.17, 15) is 18.0 Å². The van der Waals surface area contributed by atoms with Crippen LogP contribution in [-0.2, 0) is 17.6 Å². The third-order valence-corrected chi connectivity index (χ3v) is 7.74. The number of amides is 1. The molecule has 2 aliphatic rings. The fraction of sp³-hybridized carbons (Fsp3) is 0.667. The maximum atomic E-state index is 15.5. The van der Waals surface area contributed by atoms with Gasteiger partial charge in [-0.1, -0.05) is 11.3 Å². The molecule has 0 unspecified atom stereocenters. The zero-order chi connectivity index (χ0) is 26.5. The number of thiazole rings is 1. The second kappa shape index (κ2) is 11.9. The van der Waals surface area contributed by atoms with E-state index in [0.29, 0.717) is 64.6 Å². The quantitative estimate of drug-likeness (QED) is 0.480. The van der Waals surface area contributed by atoms with Crippen LogP contribution < -0.4 is 14.8 Å². The summed E-state index contributed by atoms with van der Waals surface area (Å²) in [4.78, 5) is 27.7. The van der Waals surface area contributed by atoms with Crippen molar-refractivity contribution in [2.45, 2.75) is 69.8 Å². The van der Waals surface area contributed by atoms with Gasteiger partial charge in [0.1, 0.15) is 5.67 Å².